The van der Waals surface area contributed by atoms with Crippen molar-refractivity contribution in [3.8, 4) is 22.5 Å². The summed E-state index contributed by atoms with van der Waals surface area (Å²) in [4.78, 5) is 85.8. The lowest BCUT2D eigenvalue weighted by atomic mass is 9.84. The number of benzene rings is 1. The largest absolute Gasteiger partial charge is 0.464 e. The predicted octanol–water partition coefficient (Wildman–Crippen LogP) is 4.93. The molecule has 18 heteroatoms. The number of aromatic nitrogens is 3. The molecule has 17 nitrogen and oxygen atoms in total. The molecular weight excluding hydrogens is 885 g/mol. The number of carbonyl (C=O) groups is 5. The van der Waals surface area contributed by atoms with E-state index in [2.05, 4.69) is 65.7 Å². The predicted molar refractivity (Wildman–Crippen MR) is 258 cm³/mol. The van der Waals surface area contributed by atoms with Gasteiger partial charge in [-0.3, -0.25) is 29.2 Å². The first kappa shape index (κ1) is 47.6. The van der Waals surface area contributed by atoms with Crippen LogP contribution in [0.15, 0.2) is 41.9 Å². The zero-order valence-corrected chi connectivity index (χ0v) is 41.4. The smallest absolute Gasteiger partial charge is 0.324 e. The first-order valence-corrected chi connectivity index (χ1v) is 25.1. The van der Waals surface area contributed by atoms with E-state index >= 15 is 0 Å². The van der Waals surface area contributed by atoms with Crippen LogP contribution in [0.5, 0.6) is 0 Å². The van der Waals surface area contributed by atoms with Gasteiger partial charge in [-0.05, 0) is 81.7 Å². The van der Waals surface area contributed by atoms with Crippen LogP contribution in [-0.4, -0.2) is 147 Å². The van der Waals surface area contributed by atoms with Crippen LogP contribution in [0.3, 0.4) is 0 Å². The minimum Gasteiger partial charge on any atom is -0.464 e. The highest BCUT2D eigenvalue weighted by molar-refractivity contribution is 7.10. The maximum absolute atomic E-state index is 14.7. The Labute approximate surface area is 402 Å². The molecule has 3 aromatic heterocycles. The van der Waals surface area contributed by atoms with Crippen LogP contribution in [0.4, 0.5) is 4.79 Å². The number of ether oxygens (including phenoxy) is 2. The Hall–Kier alpha value is -5.43. The summed E-state index contributed by atoms with van der Waals surface area (Å²) >= 11 is 1.42. The van der Waals surface area contributed by atoms with Crippen molar-refractivity contribution in [1.82, 2.24) is 50.3 Å². The number of carbonyl (C=O) groups excluding carboxylic acids is 5. The van der Waals surface area contributed by atoms with Gasteiger partial charge in [0.05, 0.1) is 52.9 Å². The molecule has 8 bridgehead atoms. The molecule has 7 atom stereocenters. The maximum Gasteiger partial charge on any atom is 0.324 e. The Morgan fingerprint density at radius 3 is 2.53 bits per heavy atom. The van der Waals surface area contributed by atoms with Crippen LogP contribution in [0.2, 0.25) is 0 Å². The molecule has 8 heterocycles. The molecule has 5 aliphatic rings. The fourth-order valence-electron chi connectivity index (χ4n) is 10.9. The SMILES string of the molecule is CCn1c(-c2cccnc2[C@H](C)OC)c2c3cc(ccc31)-c1csc(n1)C[C@H](NC(=O)[C@H](C(C)C)N(C)C(=O)N1C3CCC1CN(C(=O)[C@H]1CN1)C3)C(=O)N1CCC[C@H](N1)C(=O)OCC(C)(C)C2. The zero-order chi connectivity index (χ0) is 48.2. The second-order valence-corrected chi connectivity index (χ2v) is 21.3. The summed E-state index contributed by atoms with van der Waals surface area (Å²) < 4.78 is 14.3. The normalized spacial score (nSPS) is 24.7. The van der Waals surface area contributed by atoms with E-state index in [0.717, 1.165) is 57.5 Å². The summed E-state index contributed by atoms with van der Waals surface area (Å²) in [6.07, 6.45) is 4.79. The second kappa shape index (κ2) is 19.2. The number of esters is 1. The molecule has 1 aromatic carbocycles. The lowest BCUT2D eigenvalue weighted by molar-refractivity contribution is -0.155. The summed E-state index contributed by atoms with van der Waals surface area (Å²) in [5, 5.41) is 11.3. The van der Waals surface area contributed by atoms with Gasteiger partial charge in [-0.2, -0.15) is 0 Å². The summed E-state index contributed by atoms with van der Waals surface area (Å²) in [6.45, 7) is 14.9. The number of hydrazine groups is 1. The molecule has 0 radical (unpaired) electrons. The number of piperazine rings is 1. The van der Waals surface area contributed by atoms with E-state index in [1.807, 2.05) is 42.0 Å². The van der Waals surface area contributed by atoms with Gasteiger partial charge >= 0.3 is 12.0 Å². The molecule has 0 saturated carbocycles. The number of hydrogen-bond donors (Lipinski definition) is 3. The Morgan fingerprint density at radius 1 is 1.09 bits per heavy atom. The van der Waals surface area contributed by atoms with Gasteiger partial charge in [0.15, 0.2) is 0 Å². The van der Waals surface area contributed by atoms with E-state index < -0.39 is 41.3 Å². The highest BCUT2D eigenvalue weighted by Gasteiger charge is 2.48. The second-order valence-electron chi connectivity index (χ2n) is 20.4. The Kier molecular flexibility index (Phi) is 13.4. The molecule has 364 valence electrons. The first-order valence-electron chi connectivity index (χ1n) is 24.3. The van der Waals surface area contributed by atoms with Crippen molar-refractivity contribution < 1.29 is 33.4 Å². The highest BCUT2D eigenvalue weighted by Crippen LogP contribution is 2.42. The Bertz CT molecular complexity index is 2570. The number of thiazole rings is 1. The van der Waals surface area contributed by atoms with Crippen molar-refractivity contribution in [2.45, 2.75) is 129 Å². The van der Waals surface area contributed by atoms with Gasteiger partial charge in [0, 0.05) is 92.3 Å². The molecule has 4 saturated heterocycles. The number of aryl methyl sites for hydroxylation is 1. The van der Waals surface area contributed by atoms with Crippen molar-refractivity contribution in [3.05, 3.63) is 58.2 Å². The van der Waals surface area contributed by atoms with E-state index in [0.29, 0.717) is 57.0 Å². The standard InChI is InChI=1S/C50H66N10O7S/c1-9-58-40-17-14-30-20-34(40)35(44(58)33-12-10-18-51-42(33)29(4)66-8)22-50(5,6)27-67-48(64)36-13-11-19-59(55-36)47(63)37(21-41-53-39(30)26-68-41)54-45(61)43(28(2)3)56(7)49(65)60-31-15-16-32(60)25-57(24-31)46(62)38-23-52-38/h10,12,14,17-18,20,26,28-29,31-32,36-38,43,52,55H,9,11,13,15-16,19,21-25,27H2,1-8H3,(H,54,61)/t29-,31?,32?,36-,37-,38+,43-/m0/s1. The quantitative estimate of drug-likeness (QED) is 0.152. The van der Waals surface area contributed by atoms with Gasteiger partial charge in [-0.1, -0.05) is 33.8 Å². The number of nitrogens with zero attached hydrogens (tertiary/aromatic N) is 7. The number of cyclic esters (lactones) is 1. The number of fused-ring (bicyclic) bond motifs is 8. The van der Waals surface area contributed by atoms with Crippen LogP contribution in [-0.2, 0) is 48.0 Å². The Morgan fingerprint density at radius 2 is 1.84 bits per heavy atom. The summed E-state index contributed by atoms with van der Waals surface area (Å²) in [5.74, 6) is -1.55. The lowest BCUT2D eigenvalue weighted by Crippen LogP contribution is -2.64. The lowest BCUT2D eigenvalue weighted by Gasteiger charge is -2.44. The average Bonchev–Trinajstić information content (AvgIpc) is 3.93. The summed E-state index contributed by atoms with van der Waals surface area (Å²) in [6, 6.07) is 6.99. The van der Waals surface area contributed by atoms with Gasteiger partial charge in [0.25, 0.3) is 5.91 Å². The highest BCUT2D eigenvalue weighted by atomic mass is 32.1. The van der Waals surface area contributed by atoms with E-state index in [9.17, 15) is 24.0 Å². The first-order chi connectivity index (χ1) is 32.6. The molecule has 4 aromatic rings. The fourth-order valence-corrected chi connectivity index (χ4v) is 11.7. The third-order valence-electron chi connectivity index (χ3n) is 14.5. The third kappa shape index (κ3) is 9.23. The fraction of sp³-hybridized carbons (Fsp3) is 0.580. The molecule has 3 N–H and O–H groups in total. The van der Waals surface area contributed by atoms with Crippen LogP contribution < -0.4 is 16.1 Å². The van der Waals surface area contributed by atoms with E-state index in [-0.39, 0.29) is 55.1 Å². The zero-order valence-electron chi connectivity index (χ0n) is 40.5. The van der Waals surface area contributed by atoms with E-state index in [4.69, 9.17) is 19.4 Å². The van der Waals surface area contributed by atoms with Crippen molar-refractivity contribution in [2.75, 3.05) is 46.9 Å². The maximum atomic E-state index is 14.7. The number of rotatable bonds is 9. The van der Waals surface area contributed by atoms with Crippen molar-refractivity contribution in [2.24, 2.45) is 11.3 Å². The monoisotopic (exact) mass is 950 g/mol. The molecule has 2 unspecified atom stereocenters. The molecular formula is C50H66N10O7S. The van der Waals surface area contributed by atoms with Gasteiger partial charge in [-0.25, -0.2) is 15.2 Å². The van der Waals surface area contributed by atoms with Crippen molar-refractivity contribution in [3.63, 3.8) is 0 Å². The Balaban J connectivity index is 1.05. The number of urea groups is 1. The number of pyridine rings is 1. The van der Waals surface area contributed by atoms with Gasteiger partial charge in [-0.15, -0.1) is 11.3 Å². The number of hydrogen-bond acceptors (Lipinski definition) is 12. The molecule has 0 aliphatic carbocycles. The third-order valence-corrected chi connectivity index (χ3v) is 15.4. The molecule has 4 fully saturated rings. The van der Waals surface area contributed by atoms with Crippen LogP contribution in [0, 0.1) is 11.3 Å². The number of methoxy groups -OCH3 is 1. The van der Waals surface area contributed by atoms with Crippen LogP contribution >= 0.6 is 11.3 Å². The number of amides is 5. The summed E-state index contributed by atoms with van der Waals surface area (Å²) in [5.41, 5.74) is 9.32. The summed E-state index contributed by atoms with van der Waals surface area (Å²) in [7, 11) is 3.34. The molecule has 5 amide bonds. The molecule has 68 heavy (non-hydrogen) atoms. The number of likely N-dealkylation sites (N-methyl/N-ethyl adjacent to an activating group) is 1. The number of nitrogens with one attached hydrogen (secondary N) is 3. The molecule has 5 aliphatic heterocycles. The van der Waals surface area contributed by atoms with E-state index in [1.165, 1.54) is 21.2 Å². The van der Waals surface area contributed by atoms with Crippen LogP contribution in [0.1, 0.15) is 89.6 Å². The van der Waals surface area contributed by atoms with Crippen molar-refractivity contribution in [1.29, 1.82) is 0 Å². The topological polar surface area (TPSA) is 193 Å². The molecule has 9 rings (SSSR count). The number of likely N-dealkylation sites (tertiary alicyclic amines) is 1. The van der Waals surface area contributed by atoms with Gasteiger partial charge in [0.1, 0.15) is 18.1 Å². The average molecular weight is 951 g/mol. The van der Waals surface area contributed by atoms with Crippen molar-refractivity contribution >= 4 is 52.0 Å². The van der Waals surface area contributed by atoms with E-state index in [1.54, 1.807) is 20.4 Å². The van der Waals surface area contributed by atoms with Gasteiger partial charge < -0.3 is 39.4 Å². The van der Waals surface area contributed by atoms with Gasteiger partial charge in [0.2, 0.25) is 11.8 Å². The minimum atomic E-state index is -1.08. The minimum absolute atomic E-state index is 0.0819. The molecule has 0 spiro atoms. The van der Waals surface area contributed by atoms with Crippen LogP contribution in [0.25, 0.3) is 33.4 Å².